The van der Waals surface area contributed by atoms with E-state index in [0.29, 0.717) is 5.70 Å². The molecule has 0 aromatic heterocycles. The summed E-state index contributed by atoms with van der Waals surface area (Å²) in [6, 6.07) is 5.73. The standard InChI is InChI=1S/C11H10Br3NO3S/c1-7(2)15-10(16)8-4-3-5-9(6-8)19(17,18)11(12,13)14/h3-6H,1H2,2H3,(H,15,16). The minimum Gasteiger partial charge on any atom is -0.327 e. The van der Waals surface area contributed by atoms with Crippen molar-refractivity contribution in [3.05, 3.63) is 42.1 Å². The second-order valence-corrected chi connectivity index (χ2v) is 14.1. The van der Waals surface area contributed by atoms with Crippen LogP contribution in [-0.2, 0) is 9.84 Å². The molecule has 1 rings (SSSR count). The maximum absolute atomic E-state index is 12.2. The average Bonchev–Trinajstić information content (AvgIpc) is 2.26. The Balaban J connectivity index is 3.22. The van der Waals surface area contributed by atoms with Crippen molar-refractivity contribution in [3.8, 4) is 0 Å². The lowest BCUT2D eigenvalue weighted by molar-refractivity contribution is 0.0966. The lowest BCUT2D eigenvalue weighted by Crippen LogP contribution is -2.22. The molecule has 104 valence electrons. The largest absolute Gasteiger partial charge is 0.327 e. The van der Waals surface area contributed by atoms with Gasteiger partial charge in [-0.15, -0.1) is 0 Å². The first-order valence-electron chi connectivity index (χ1n) is 4.94. The molecule has 1 aromatic rings. The minimum absolute atomic E-state index is 0.00694. The molecular formula is C11H10Br3NO3S. The Labute approximate surface area is 137 Å². The third-order valence-corrected chi connectivity index (χ3v) is 7.36. The van der Waals surface area contributed by atoms with Gasteiger partial charge in [0.05, 0.1) is 4.90 Å². The van der Waals surface area contributed by atoms with E-state index < -0.39 is 17.2 Å². The number of allylic oxidation sites excluding steroid dienone is 1. The highest BCUT2D eigenvalue weighted by molar-refractivity contribution is 9.42. The van der Waals surface area contributed by atoms with Crippen LogP contribution >= 0.6 is 47.8 Å². The normalized spacial score (nSPS) is 12.0. The lowest BCUT2D eigenvalue weighted by atomic mass is 10.2. The lowest BCUT2D eigenvalue weighted by Gasteiger charge is -2.14. The number of halogens is 3. The number of hydrogen-bond donors (Lipinski definition) is 1. The van der Waals surface area contributed by atoms with Crippen molar-refractivity contribution >= 4 is 63.5 Å². The maximum Gasteiger partial charge on any atom is 0.255 e. The summed E-state index contributed by atoms with van der Waals surface area (Å²) in [6.07, 6.45) is 0. The number of hydrogen-bond acceptors (Lipinski definition) is 3. The van der Waals surface area contributed by atoms with Gasteiger partial charge in [-0.05, 0) is 72.9 Å². The van der Waals surface area contributed by atoms with Crippen LogP contribution in [0.25, 0.3) is 0 Å². The van der Waals surface area contributed by atoms with Gasteiger partial charge in [0.15, 0.2) is 0 Å². The van der Waals surface area contributed by atoms with Crippen LogP contribution < -0.4 is 5.32 Å². The number of alkyl halides is 3. The second-order valence-electron chi connectivity index (χ2n) is 3.71. The molecule has 0 aliphatic rings. The van der Waals surface area contributed by atoms with Gasteiger partial charge in [-0.25, -0.2) is 8.42 Å². The fourth-order valence-electron chi connectivity index (χ4n) is 1.20. The van der Waals surface area contributed by atoms with Gasteiger partial charge in [0.25, 0.3) is 5.91 Å². The Morgan fingerprint density at radius 1 is 1.32 bits per heavy atom. The van der Waals surface area contributed by atoms with Crippen LogP contribution in [0, 0.1) is 0 Å². The SMILES string of the molecule is C=C(C)NC(=O)c1cccc(S(=O)(=O)C(Br)(Br)Br)c1. The first-order valence-corrected chi connectivity index (χ1v) is 8.80. The molecule has 1 aromatic carbocycles. The van der Waals surface area contributed by atoms with Crippen LogP contribution in [0.4, 0.5) is 0 Å². The molecule has 0 atom stereocenters. The van der Waals surface area contributed by atoms with E-state index in [1.54, 1.807) is 6.92 Å². The van der Waals surface area contributed by atoms with E-state index >= 15 is 0 Å². The van der Waals surface area contributed by atoms with Crippen LogP contribution in [0.3, 0.4) is 0 Å². The smallest absolute Gasteiger partial charge is 0.255 e. The van der Waals surface area contributed by atoms with Gasteiger partial charge in [-0.3, -0.25) is 4.79 Å². The third-order valence-electron chi connectivity index (χ3n) is 2.04. The van der Waals surface area contributed by atoms with Crippen molar-refractivity contribution in [3.63, 3.8) is 0 Å². The van der Waals surface area contributed by atoms with Gasteiger partial charge >= 0.3 is 0 Å². The van der Waals surface area contributed by atoms with Gasteiger partial charge in [0.1, 0.15) is 0 Å². The first kappa shape index (κ1) is 16.9. The van der Waals surface area contributed by atoms with E-state index in [1.165, 1.54) is 24.3 Å². The number of benzene rings is 1. The molecule has 0 radical (unpaired) electrons. The van der Waals surface area contributed by atoms with E-state index in [0.717, 1.165) is 0 Å². The summed E-state index contributed by atoms with van der Waals surface area (Å²) in [5, 5.41) is 2.51. The molecule has 4 nitrogen and oxygen atoms in total. The van der Waals surface area contributed by atoms with Crippen molar-refractivity contribution in [2.75, 3.05) is 0 Å². The van der Waals surface area contributed by atoms with E-state index in [9.17, 15) is 13.2 Å². The summed E-state index contributed by atoms with van der Waals surface area (Å²) in [5.74, 6) is -0.408. The van der Waals surface area contributed by atoms with E-state index in [1.807, 2.05) is 0 Å². The predicted octanol–water partition coefficient (Wildman–Crippen LogP) is 3.52. The number of carbonyl (C=O) groups excluding carboxylic acids is 1. The number of amides is 1. The van der Waals surface area contributed by atoms with Crippen molar-refractivity contribution in [1.29, 1.82) is 0 Å². The Hall–Kier alpha value is -0.180. The van der Waals surface area contributed by atoms with Crippen LogP contribution in [0.1, 0.15) is 17.3 Å². The fraction of sp³-hybridized carbons (Fsp3) is 0.182. The van der Waals surface area contributed by atoms with E-state index in [4.69, 9.17) is 0 Å². The molecule has 0 aliphatic heterocycles. The van der Waals surface area contributed by atoms with Crippen LogP contribution in [0.5, 0.6) is 0 Å². The highest BCUT2D eigenvalue weighted by Crippen LogP contribution is 2.43. The van der Waals surface area contributed by atoms with Crippen molar-refractivity contribution in [2.24, 2.45) is 0 Å². The van der Waals surface area contributed by atoms with Crippen LogP contribution in [-0.4, -0.2) is 15.8 Å². The summed E-state index contributed by atoms with van der Waals surface area (Å²) < 4.78 is 22.9. The summed E-state index contributed by atoms with van der Waals surface area (Å²) >= 11 is 8.91. The molecule has 19 heavy (non-hydrogen) atoms. The minimum atomic E-state index is -3.71. The van der Waals surface area contributed by atoms with Gasteiger partial charge < -0.3 is 5.32 Å². The van der Waals surface area contributed by atoms with Gasteiger partial charge in [-0.2, -0.15) is 0 Å². The van der Waals surface area contributed by atoms with Gasteiger partial charge in [-0.1, -0.05) is 12.6 Å². The number of rotatable bonds is 3. The second kappa shape index (κ2) is 6.07. The molecule has 0 unspecified atom stereocenters. The maximum atomic E-state index is 12.2. The van der Waals surface area contributed by atoms with Crippen LogP contribution in [0.2, 0.25) is 0 Å². The van der Waals surface area contributed by atoms with Crippen molar-refractivity contribution in [2.45, 2.75) is 13.3 Å². The molecule has 0 saturated carbocycles. The Morgan fingerprint density at radius 2 is 1.89 bits per heavy atom. The summed E-state index contributed by atoms with van der Waals surface area (Å²) in [7, 11) is -3.71. The summed E-state index contributed by atoms with van der Waals surface area (Å²) in [4.78, 5) is 11.8. The van der Waals surface area contributed by atoms with Crippen molar-refractivity contribution in [1.82, 2.24) is 5.32 Å². The molecule has 1 N–H and O–H groups in total. The molecule has 0 fully saturated rings. The van der Waals surface area contributed by atoms with Crippen molar-refractivity contribution < 1.29 is 13.2 Å². The Bertz CT molecular complexity index is 620. The van der Waals surface area contributed by atoms with Gasteiger partial charge in [0, 0.05) is 11.3 Å². The monoisotopic (exact) mass is 473 g/mol. The average molecular weight is 476 g/mol. The molecule has 0 spiro atoms. The molecule has 0 aliphatic carbocycles. The van der Waals surface area contributed by atoms with E-state index in [2.05, 4.69) is 59.7 Å². The number of sulfone groups is 1. The Morgan fingerprint density at radius 3 is 2.37 bits per heavy atom. The number of nitrogens with one attached hydrogen (secondary N) is 1. The zero-order chi connectivity index (χ0) is 14.8. The zero-order valence-electron chi connectivity index (χ0n) is 9.78. The predicted molar refractivity (Wildman–Crippen MR) is 85.4 cm³/mol. The van der Waals surface area contributed by atoms with E-state index in [-0.39, 0.29) is 10.5 Å². The summed E-state index contributed by atoms with van der Waals surface area (Å²) in [5.41, 5.74) is 0.718. The molecule has 0 heterocycles. The Kier molecular flexibility index (Phi) is 5.39. The zero-order valence-corrected chi connectivity index (χ0v) is 15.4. The molecule has 0 saturated heterocycles. The fourth-order valence-corrected chi connectivity index (χ4v) is 3.69. The molecule has 1 amide bonds. The number of carbonyl (C=O) groups is 1. The third kappa shape index (κ3) is 4.14. The molecule has 0 bridgehead atoms. The summed E-state index contributed by atoms with van der Waals surface area (Å²) in [6.45, 7) is 5.20. The highest BCUT2D eigenvalue weighted by Gasteiger charge is 2.37. The van der Waals surface area contributed by atoms with Crippen LogP contribution in [0.15, 0.2) is 41.4 Å². The topological polar surface area (TPSA) is 63.2 Å². The quantitative estimate of drug-likeness (QED) is 0.680. The highest BCUT2D eigenvalue weighted by atomic mass is 80.0. The van der Waals surface area contributed by atoms with Gasteiger partial charge in [0.2, 0.25) is 11.3 Å². The first-order chi connectivity index (χ1) is 8.55. The molecule has 8 heteroatoms. The molecular weight excluding hydrogens is 466 g/mol.